The molecular weight excluding hydrogens is 326 g/mol. The third-order valence-electron chi connectivity index (χ3n) is 2.68. The predicted octanol–water partition coefficient (Wildman–Crippen LogP) is 1.83. The molecule has 2 rings (SSSR count). The van der Waals surface area contributed by atoms with Crippen LogP contribution in [0.2, 0.25) is 5.02 Å². The molecular formula is C14H10ClN3O3S. The molecule has 0 unspecified atom stereocenters. The molecule has 2 N–H and O–H groups in total. The quantitative estimate of drug-likeness (QED) is 0.833. The summed E-state index contributed by atoms with van der Waals surface area (Å²) in [5.74, 6) is -0.639. The zero-order valence-electron chi connectivity index (χ0n) is 11.1. The number of nitrogens with zero attached hydrogens (tertiary/aromatic N) is 1. The van der Waals surface area contributed by atoms with Gasteiger partial charge in [0.05, 0.1) is 16.5 Å². The highest BCUT2D eigenvalue weighted by molar-refractivity contribution is 7.89. The number of benzene rings is 2. The lowest BCUT2D eigenvalue weighted by atomic mass is 10.2. The number of hydrazine groups is 1. The number of carbonyl (C=O) groups excluding carboxylic acids is 1. The van der Waals surface area contributed by atoms with Gasteiger partial charge >= 0.3 is 0 Å². The number of rotatable bonds is 4. The molecule has 2 aromatic rings. The fourth-order valence-electron chi connectivity index (χ4n) is 1.58. The van der Waals surface area contributed by atoms with Crippen LogP contribution < -0.4 is 10.3 Å². The van der Waals surface area contributed by atoms with Crippen molar-refractivity contribution >= 4 is 27.5 Å². The summed E-state index contributed by atoms with van der Waals surface area (Å²) < 4.78 is 24.0. The number of carbonyl (C=O) groups is 1. The van der Waals surface area contributed by atoms with Gasteiger partial charge in [-0.2, -0.15) is 5.26 Å². The van der Waals surface area contributed by atoms with Crippen molar-refractivity contribution in [2.24, 2.45) is 0 Å². The number of hydrogen-bond acceptors (Lipinski definition) is 4. The Hall–Kier alpha value is -2.40. The molecule has 0 fully saturated rings. The minimum absolute atomic E-state index is 0.0714. The minimum Gasteiger partial charge on any atom is -0.273 e. The van der Waals surface area contributed by atoms with Crippen molar-refractivity contribution in [3.8, 4) is 6.07 Å². The first-order chi connectivity index (χ1) is 10.4. The van der Waals surface area contributed by atoms with Crippen molar-refractivity contribution in [1.29, 1.82) is 5.26 Å². The number of amides is 1. The first kappa shape index (κ1) is 16.0. The van der Waals surface area contributed by atoms with E-state index in [-0.39, 0.29) is 10.5 Å². The zero-order chi connectivity index (χ0) is 16.2. The Labute approximate surface area is 132 Å². The average Bonchev–Trinajstić information content (AvgIpc) is 2.52. The Bertz CT molecular complexity index is 842. The maximum atomic E-state index is 12.0. The smallest absolute Gasteiger partial charge is 0.266 e. The number of halogens is 1. The standard InChI is InChI=1S/C14H10ClN3O3S/c15-12-3-1-2-11(8-12)14(19)17-18-22(20,21)13-6-4-10(9-16)5-7-13/h1-8,18H,(H,17,19). The van der Waals surface area contributed by atoms with E-state index in [4.69, 9.17) is 16.9 Å². The van der Waals surface area contributed by atoms with Crippen LogP contribution in [-0.2, 0) is 10.0 Å². The van der Waals surface area contributed by atoms with Crippen LogP contribution in [-0.4, -0.2) is 14.3 Å². The normalized spacial score (nSPS) is 10.7. The number of nitriles is 1. The second-order valence-corrected chi connectivity index (χ2v) is 6.32. The predicted molar refractivity (Wildman–Crippen MR) is 80.4 cm³/mol. The molecule has 0 saturated carbocycles. The highest BCUT2D eigenvalue weighted by Crippen LogP contribution is 2.11. The monoisotopic (exact) mass is 335 g/mol. The van der Waals surface area contributed by atoms with E-state index in [0.29, 0.717) is 10.6 Å². The summed E-state index contributed by atoms with van der Waals surface area (Å²) in [6.07, 6.45) is 0. The van der Waals surface area contributed by atoms with E-state index in [1.54, 1.807) is 12.1 Å². The van der Waals surface area contributed by atoms with Gasteiger partial charge in [-0.15, -0.1) is 4.83 Å². The van der Waals surface area contributed by atoms with E-state index < -0.39 is 15.9 Å². The molecule has 0 aliphatic heterocycles. The Morgan fingerprint density at radius 2 is 1.82 bits per heavy atom. The molecule has 8 heteroatoms. The van der Waals surface area contributed by atoms with E-state index in [1.807, 2.05) is 10.9 Å². The van der Waals surface area contributed by atoms with Crippen molar-refractivity contribution in [2.45, 2.75) is 4.90 Å². The topological polar surface area (TPSA) is 99.1 Å². The van der Waals surface area contributed by atoms with Crippen molar-refractivity contribution in [3.05, 3.63) is 64.7 Å². The molecule has 112 valence electrons. The van der Waals surface area contributed by atoms with Crippen molar-refractivity contribution in [1.82, 2.24) is 10.3 Å². The fraction of sp³-hybridized carbons (Fsp3) is 0. The second kappa shape index (κ2) is 6.58. The van der Waals surface area contributed by atoms with Gasteiger partial charge in [0, 0.05) is 10.6 Å². The minimum atomic E-state index is -3.92. The third-order valence-corrected chi connectivity index (χ3v) is 4.18. The third kappa shape index (κ3) is 3.83. The highest BCUT2D eigenvalue weighted by Gasteiger charge is 2.15. The number of nitrogens with one attached hydrogen (secondary N) is 2. The molecule has 0 radical (unpaired) electrons. The van der Waals surface area contributed by atoms with Gasteiger partial charge in [-0.25, -0.2) is 8.42 Å². The molecule has 0 atom stereocenters. The van der Waals surface area contributed by atoms with Crippen molar-refractivity contribution in [3.63, 3.8) is 0 Å². The van der Waals surface area contributed by atoms with Crippen LogP contribution in [0, 0.1) is 11.3 Å². The van der Waals surface area contributed by atoms with Crippen molar-refractivity contribution < 1.29 is 13.2 Å². The van der Waals surface area contributed by atoms with Crippen LogP contribution in [0.4, 0.5) is 0 Å². The summed E-state index contributed by atoms with van der Waals surface area (Å²) in [7, 11) is -3.92. The molecule has 2 aromatic carbocycles. The summed E-state index contributed by atoms with van der Waals surface area (Å²) in [5.41, 5.74) is 2.65. The maximum Gasteiger partial charge on any atom is 0.266 e. The molecule has 0 heterocycles. The molecule has 22 heavy (non-hydrogen) atoms. The van der Waals surface area contributed by atoms with E-state index in [0.717, 1.165) is 0 Å². The summed E-state index contributed by atoms with van der Waals surface area (Å²) in [6, 6.07) is 13.2. The van der Waals surface area contributed by atoms with Gasteiger partial charge in [-0.05, 0) is 42.5 Å². The van der Waals surface area contributed by atoms with Gasteiger partial charge in [0.2, 0.25) is 0 Å². The molecule has 0 aliphatic carbocycles. The molecule has 1 amide bonds. The Kier molecular flexibility index (Phi) is 4.78. The van der Waals surface area contributed by atoms with Crippen LogP contribution >= 0.6 is 11.6 Å². The zero-order valence-corrected chi connectivity index (χ0v) is 12.6. The molecule has 6 nitrogen and oxygen atoms in total. The van der Waals surface area contributed by atoms with Crippen LogP contribution in [0.1, 0.15) is 15.9 Å². The van der Waals surface area contributed by atoms with E-state index in [9.17, 15) is 13.2 Å². The summed E-state index contributed by atoms with van der Waals surface area (Å²) in [5, 5.41) is 9.04. The Morgan fingerprint density at radius 3 is 2.41 bits per heavy atom. The van der Waals surface area contributed by atoms with Crippen LogP contribution in [0.25, 0.3) is 0 Å². The molecule has 0 aliphatic rings. The van der Waals surface area contributed by atoms with Gasteiger partial charge in [0.25, 0.3) is 15.9 Å². The molecule has 0 saturated heterocycles. The van der Waals surface area contributed by atoms with Crippen LogP contribution in [0.15, 0.2) is 53.4 Å². The van der Waals surface area contributed by atoms with Gasteiger partial charge in [-0.3, -0.25) is 10.2 Å². The molecule has 0 spiro atoms. The lowest BCUT2D eigenvalue weighted by Gasteiger charge is -2.08. The van der Waals surface area contributed by atoms with Crippen molar-refractivity contribution in [2.75, 3.05) is 0 Å². The van der Waals surface area contributed by atoms with Crippen LogP contribution in [0.5, 0.6) is 0 Å². The fourth-order valence-corrected chi connectivity index (χ4v) is 2.61. The Morgan fingerprint density at radius 1 is 1.14 bits per heavy atom. The van der Waals surface area contributed by atoms with Gasteiger partial charge in [-0.1, -0.05) is 17.7 Å². The number of hydrogen-bond donors (Lipinski definition) is 2. The number of sulfonamides is 1. The summed E-state index contributed by atoms with van der Waals surface area (Å²) >= 11 is 5.76. The maximum absolute atomic E-state index is 12.0. The SMILES string of the molecule is N#Cc1ccc(S(=O)(=O)NNC(=O)c2cccc(Cl)c2)cc1. The van der Waals surface area contributed by atoms with E-state index in [1.165, 1.54) is 36.4 Å². The van der Waals surface area contributed by atoms with Gasteiger partial charge < -0.3 is 0 Å². The largest absolute Gasteiger partial charge is 0.273 e. The van der Waals surface area contributed by atoms with E-state index in [2.05, 4.69) is 5.43 Å². The lowest BCUT2D eigenvalue weighted by Crippen LogP contribution is -2.41. The summed E-state index contributed by atoms with van der Waals surface area (Å²) in [6.45, 7) is 0. The first-order valence-electron chi connectivity index (χ1n) is 6.00. The molecule has 0 bridgehead atoms. The Balaban J connectivity index is 2.09. The lowest BCUT2D eigenvalue weighted by molar-refractivity contribution is 0.0945. The summed E-state index contributed by atoms with van der Waals surface area (Å²) in [4.78, 5) is 13.7. The van der Waals surface area contributed by atoms with Crippen LogP contribution in [0.3, 0.4) is 0 Å². The second-order valence-electron chi connectivity index (χ2n) is 4.21. The van der Waals surface area contributed by atoms with Gasteiger partial charge in [0.15, 0.2) is 0 Å². The first-order valence-corrected chi connectivity index (χ1v) is 7.86. The highest BCUT2D eigenvalue weighted by atomic mass is 35.5. The van der Waals surface area contributed by atoms with E-state index >= 15 is 0 Å². The molecule has 0 aromatic heterocycles. The average molecular weight is 336 g/mol. The van der Waals surface area contributed by atoms with Gasteiger partial charge in [0.1, 0.15) is 0 Å².